The minimum atomic E-state index is -0.317. The molecule has 2 rings (SSSR count). The van der Waals surface area contributed by atoms with Crippen LogP contribution in [-0.2, 0) is 0 Å². The number of ether oxygens (including phenoxy) is 1. The Kier molecular flexibility index (Phi) is 3.72. The lowest BCUT2D eigenvalue weighted by molar-refractivity contribution is 0.0995. The third-order valence-corrected chi connectivity index (χ3v) is 2.83. The monoisotopic (exact) mass is 309 g/mol. The summed E-state index contributed by atoms with van der Waals surface area (Å²) in [5.74, 6) is 0.543. The Morgan fingerprint density at radius 3 is 2.72 bits per heavy atom. The van der Waals surface area contributed by atoms with Gasteiger partial charge in [0.25, 0.3) is 5.91 Å². The van der Waals surface area contributed by atoms with E-state index >= 15 is 0 Å². The van der Waals surface area contributed by atoms with Gasteiger partial charge in [-0.05, 0) is 52.7 Å². The summed E-state index contributed by atoms with van der Waals surface area (Å²) in [4.78, 5) is 11.9. The van der Waals surface area contributed by atoms with Crippen molar-refractivity contribution in [1.29, 1.82) is 0 Å². The first-order valence-corrected chi connectivity index (χ1v) is 6.11. The molecule has 0 fully saturated rings. The lowest BCUT2D eigenvalue weighted by atomic mass is 10.2. The highest BCUT2D eigenvalue weighted by molar-refractivity contribution is 9.10. The van der Waals surface area contributed by atoms with E-state index in [9.17, 15) is 4.79 Å². The van der Waals surface area contributed by atoms with E-state index in [1.54, 1.807) is 25.3 Å². The maximum Gasteiger partial charge on any atom is 0.291 e. The van der Waals surface area contributed by atoms with Gasteiger partial charge >= 0.3 is 0 Å². The van der Waals surface area contributed by atoms with Crippen LogP contribution in [0.4, 0.5) is 5.69 Å². The molecular weight excluding hydrogens is 298 g/mol. The second-order valence-electron chi connectivity index (χ2n) is 3.76. The summed E-state index contributed by atoms with van der Waals surface area (Å²) >= 11 is 3.15. The van der Waals surface area contributed by atoms with Crippen LogP contribution in [-0.4, -0.2) is 13.0 Å². The average Bonchev–Trinajstić information content (AvgIpc) is 2.78. The smallest absolute Gasteiger partial charge is 0.291 e. The van der Waals surface area contributed by atoms with Crippen molar-refractivity contribution in [3.8, 4) is 5.75 Å². The molecule has 0 unspecified atom stereocenters. The van der Waals surface area contributed by atoms with Crippen molar-refractivity contribution >= 4 is 27.5 Å². The third kappa shape index (κ3) is 2.73. The highest BCUT2D eigenvalue weighted by Gasteiger charge is 2.13. The molecule has 0 saturated heterocycles. The summed E-state index contributed by atoms with van der Waals surface area (Å²) in [5.41, 5.74) is 1.67. The molecular formula is C13H12BrNO3. The summed E-state index contributed by atoms with van der Waals surface area (Å²) in [6.45, 7) is 1.96. The first-order valence-electron chi connectivity index (χ1n) is 5.31. The molecule has 0 bridgehead atoms. The van der Waals surface area contributed by atoms with Crippen LogP contribution in [0.3, 0.4) is 0 Å². The van der Waals surface area contributed by atoms with E-state index in [0.717, 1.165) is 5.56 Å². The van der Waals surface area contributed by atoms with Crippen molar-refractivity contribution in [2.24, 2.45) is 0 Å². The molecule has 2 aromatic rings. The van der Waals surface area contributed by atoms with Crippen molar-refractivity contribution in [2.75, 3.05) is 12.4 Å². The molecule has 5 heteroatoms. The number of carbonyl (C=O) groups is 1. The van der Waals surface area contributed by atoms with Gasteiger partial charge in [-0.2, -0.15) is 0 Å². The minimum absolute atomic E-state index is 0.240. The minimum Gasteiger partial charge on any atom is -0.495 e. The molecule has 0 atom stereocenters. The largest absolute Gasteiger partial charge is 0.495 e. The zero-order valence-corrected chi connectivity index (χ0v) is 11.6. The van der Waals surface area contributed by atoms with E-state index in [4.69, 9.17) is 9.15 Å². The zero-order valence-electron chi connectivity index (χ0n) is 9.99. The van der Waals surface area contributed by atoms with Gasteiger partial charge in [0.2, 0.25) is 0 Å². The van der Waals surface area contributed by atoms with Gasteiger partial charge in [-0.25, -0.2) is 0 Å². The average molecular weight is 310 g/mol. The Labute approximate surface area is 113 Å². The predicted molar refractivity (Wildman–Crippen MR) is 72.1 cm³/mol. The van der Waals surface area contributed by atoms with Crippen LogP contribution < -0.4 is 10.1 Å². The topological polar surface area (TPSA) is 51.5 Å². The number of anilines is 1. The Hall–Kier alpha value is -1.75. The molecule has 0 saturated carbocycles. The lowest BCUT2D eigenvalue weighted by Gasteiger charge is -2.09. The van der Waals surface area contributed by atoms with Crippen molar-refractivity contribution in [3.63, 3.8) is 0 Å². The number of aryl methyl sites for hydroxylation is 1. The quantitative estimate of drug-likeness (QED) is 0.942. The maximum absolute atomic E-state index is 11.9. The molecule has 0 aliphatic carbocycles. The van der Waals surface area contributed by atoms with Crippen LogP contribution in [0.25, 0.3) is 0 Å². The summed E-state index contributed by atoms with van der Waals surface area (Å²) < 4.78 is 10.9. The second kappa shape index (κ2) is 5.27. The summed E-state index contributed by atoms with van der Waals surface area (Å²) in [6, 6.07) is 8.81. The fourth-order valence-corrected chi connectivity index (χ4v) is 1.83. The van der Waals surface area contributed by atoms with E-state index in [1.807, 2.05) is 19.1 Å². The number of hydrogen-bond acceptors (Lipinski definition) is 3. The van der Waals surface area contributed by atoms with E-state index in [-0.39, 0.29) is 11.7 Å². The van der Waals surface area contributed by atoms with Crippen molar-refractivity contribution < 1.29 is 13.9 Å². The van der Waals surface area contributed by atoms with Gasteiger partial charge in [-0.3, -0.25) is 4.79 Å². The van der Waals surface area contributed by atoms with Gasteiger partial charge in [0.1, 0.15) is 5.75 Å². The molecule has 1 amide bonds. The summed E-state index contributed by atoms with van der Waals surface area (Å²) in [5, 5.41) is 2.74. The van der Waals surface area contributed by atoms with Gasteiger partial charge in [-0.1, -0.05) is 6.07 Å². The van der Waals surface area contributed by atoms with Crippen molar-refractivity contribution in [3.05, 3.63) is 46.3 Å². The molecule has 1 heterocycles. The molecule has 1 aromatic carbocycles. The standard InChI is InChI=1S/C13H12BrNO3/c1-8-3-4-9(11(7-8)17-2)15-13(16)10-5-6-12(14)18-10/h3-7H,1-2H3,(H,15,16). The van der Waals surface area contributed by atoms with Crippen LogP contribution in [0, 0.1) is 6.92 Å². The van der Waals surface area contributed by atoms with Gasteiger partial charge < -0.3 is 14.5 Å². The fourth-order valence-electron chi connectivity index (χ4n) is 1.52. The van der Waals surface area contributed by atoms with E-state index in [2.05, 4.69) is 21.2 Å². The first kappa shape index (κ1) is 12.7. The number of halogens is 1. The highest BCUT2D eigenvalue weighted by atomic mass is 79.9. The number of benzene rings is 1. The van der Waals surface area contributed by atoms with Gasteiger partial charge in [-0.15, -0.1) is 0 Å². The van der Waals surface area contributed by atoms with E-state index < -0.39 is 0 Å². The summed E-state index contributed by atoms with van der Waals surface area (Å²) in [6.07, 6.45) is 0. The molecule has 1 aromatic heterocycles. The zero-order chi connectivity index (χ0) is 13.1. The lowest BCUT2D eigenvalue weighted by Crippen LogP contribution is -2.11. The molecule has 94 valence electrons. The van der Waals surface area contributed by atoms with E-state index in [0.29, 0.717) is 16.1 Å². The predicted octanol–water partition coefficient (Wildman–Crippen LogP) is 3.61. The Morgan fingerprint density at radius 2 is 2.11 bits per heavy atom. The second-order valence-corrected chi connectivity index (χ2v) is 4.54. The third-order valence-electron chi connectivity index (χ3n) is 2.40. The Balaban J connectivity index is 2.21. The first-order chi connectivity index (χ1) is 8.60. The maximum atomic E-state index is 11.9. The fraction of sp³-hybridized carbons (Fsp3) is 0.154. The van der Waals surface area contributed by atoms with Crippen LogP contribution in [0.1, 0.15) is 16.1 Å². The molecule has 0 radical (unpaired) electrons. The summed E-state index contributed by atoms with van der Waals surface area (Å²) in [7, 11) is 1.56. The molecule has 18 heavy (non-hydrogen) atoms. The van der Waals surface area contributed by atoms with Gasteiger partial charge in [0, 0.05) is 0 Å². The van der Waals surface area contributed by atoms with Gasteiger partial charge in [0.05, 0.1) is 12.8 Å². The molecule has 0 aliphatic heterocycles. The van der Waals surface area contributed by atoms with Crippen LogP contribution in [0.15, 0.2) is 39.4 Å². The number of rotatable bonds is 3. The van der Waals surface area contributed by atoms with Crippen LogP contribution in [0.2, 0.25) is 0 Å². The van der Waals surface area contributed by atoms with Crippen molar-refractivity contribution in [1.82, 2.24) is 0 Å². The van der Waals surface area contributed by atoms with E-state index in [1.165, 1.54) is 0 Å². The van der Waals surface area contributed by atoms with Crippen LogP contribution >= 0.6 is 15.9 Å². The Bertz CT molecular complexity index is 577. The highest BCUT2D eigenvalue weighted by Crippen LogP contribution is 2.26. The number of furan rings is 1. The number of carbonyl (C=O) groups excluding carboxylic acids is 1. The number of methoxy groups -OCH3 is 1. The molecule has 0 aliphatic rings. The molecule has 4 nitrogen and oxygen atoms in total. The van der Waals surface area contributed by atoms with Gasteiger partial charge in [0.15, 0.2) is 10.4 Å². The molecule has 1 N–H and O–H groups in total. The normalized spacial score (nSPS) is 10.2. The SMILES string of the molecule is COc1cc(C)ccc1NC(=O)c1ccc(Br)o1. The Morgan fingerprint density at radius 1 is 1.33 bits per heavy atom. The number of amides is 1. The number of nitrogens with one attached hydrogen (secondary N) is 1. The number of hydrogen-bond donors (Lipinski definition) is 1. The van der Waals surface area contributed by atoms with Crippen LogP contribution in [0.5, 0.6) is 5.75 Å². The van der Waals surface area contributed by atoms with Crippen molar-refractivity contribution in [2.45, 2.75) is 6.92 Å². The molecule has 0 spiro atoms.